The van der Waals surface area contributed by atoms with Crippen molar-refractivity contribution in [2.45, 2.75) is 6.92 Å². The van der Waals surface area contributed by atoms with E-state index >= 15 is 0 Å². The van der Waals surface area contributed by atoms with Crippen molar-refractivity contribution < 1.29 is 4.42 Å². The van der Waals surface area contributed by atoms with Crippen molar-refractivity contribution in [2.24, 2.45) is 0 Å². The molecule has 0 spiro atoms. The predicted molar refractivity (Wildman–Crippen MR) is 190 cm³/mol. The number of para-hydroxylation sites is 2. The van der Waals surface area contributed by atoms with Gasteiger partial charge < -0.3 is 9.73 Å². The summed E-state index contributed by atoms with van der Waals surface area (Å²) in [6, 6.07) is 58.0. The summed E-state index contributed by atoms with van der Waals surface area (Å²) >= 11 is 0. The number of anilines is 2. The zero-order valence-electron chi connectivity index (χ0n) is 25.0. The molecule has 0 aliphatic heterocycles. The third kappa shape index (κ3) is 4.97. The Hall–Kier alpha value is -5.86. The second kappa shape index (κ2) is 11.3. The number of fused-ring (bicyclic) bond motifs is 3. The highest BCUT2D eigenvalue weighted by molar-refractivity contribution is 6.06. The predicted octanol–water partition coefficient (Wildman–Crippen LogP) is 12.3. The molecule has 0 radical (unpaired) electrons. The summed E-state index contributed by atoms with van der Waals surface area (Å²) in [5, 5.41) is 5.98. The molecule has 0 bridgehead atoms. The molecule has 2 nitrogen and oxygen atoms in total. The summed E-state index contributed by atoms with van der Waals surface area (Å²) in [7, 11) is 0. The van der Waals surface area contributed by atoms with Crippen LogP contribution in [0.5, 0.6) is 0 Å². The van der Waals surface area contributed by atoms with Crippen LogP contribution in [0.4, 0.5) is 11.4 Å². The molecule has 45 heavy (non-hydrogen) atoms. The highest BCUT2D eigenvalue weighted by Gasteiger charge is 2.17. The molecule has 0 atom stereocenters. The van der Waals surface area contributed by atoms with Crippen LogP contribution in [0, 0.1) is 6.92 Å². The number of benzene rings is 7. The molecule has 0 fully saturated rings. The number of nitrogens with one attached hydrogen (secondary N) is 1. The van der Waals surface area contributed by atoms with Crippen LogP contribution in [0.3, 0.4) is 0 Å². The van der Waals surface area contributed by atoms with Crippen LogP contribution in [0.25, 0.3) is 66.4 Å². The van der Waals surface area contributed by atoms with Gasteiger partial charge in [0.05, 0.1) is 0 Å². The maximum absolute atomic E-state index is 6.13. The molecular formula is C43H31NO. The van der Waals surface area contributed by atoms with Crippen LogP contribution >= 0.6 is 0 Å². The third-order valence-corrected chi connectivity index (χ3v) is 8.65. The minimum atomic E-state index is 0.903. The van der Waals surface area contributed by atoms with Crippen LogP contribution < -0.4 is 5.32 Å². The van der Waals surface area contributed by atoms with E-state index in [0.29, 0.717) is 0 Å². The Morgan fingerprint density at radius 2 is 0.933 bits per heavy atom. The Balaban J connectivity index is 1.33. The lowest BCUT2D eigenvalue weighted by atomic mass is 9.87. The second-order valence-electron chi connectivity index (χ2n) is 11.5. The highest BCUT2D eigenvalue weighted by Crippen LogP contribution is 2.43. The molecule has 1 heterocycles. The number of hydrogen-bond donors (Lipinski definition) is 1. The lowest BCUT2D eigenvalue weighted by molar-refractivity contribution is 0.669. The summed E-state index contributed by atoms with van der Waals surface area (Å²) in [6.07, 6.45) is 0. The highest BCUT2D eigenvalue weighted by atomic mass is 16.3. The molecule has 1 aromatic heterocycles. The Labute approximate surface area is 263 Å². The number of aryl methyl sites for hydroxylation is 1. The molecule has 8 rings (SSSR count). The quantitative estimate of drug-likeness (QED) is 0.213. The van der Waals surface area contributed by atoms with E-state index in [1.165, 1.54) is 33.4 Å². The fraction of sp³-hybridized carbons (Fsp3) is 0.0233. The normalized spacial score (nSPS) is 11.2. The van der Waals surface area contributed by atoms with Crippen LogP contribution in [0.2, 0.25) is 0 Å². The van der Waals surface area contributed by atoms with Gasteiger partial charge in [-0.1, -0.05) is 121 Å². The van der Waals surface area contributed by atoms with E-state index in [9.17, 15) is 0 Å². The van der Waals surface area contributed by atoms with E-state index < -0.39 is 0 Å². The van der Waals surface area contributed by atoms with Crippen LogP contribution in [0.15, 0.2) is 168 Å². The molecule has 214 valence electrons. The first-order valence-electron chi connectivity index (χ1n) is 15.4. The molecule has 1 N–H and O–H groups in total. The first-order valence-corrected chi connectivity index (χ1v) is 15.4. The molecular weight excluding hydrogens is 546 g/mol. The summed E-state index contributed by atoms with van der Waals surface area (Å²) in [6.45, 7) is 2.18. The Kier molecular flexibility index (Phi) is 6.73. The van der Waals surface area contributed by atoms with E-state index in [1.54, 1.807) is 0 Å². The zero-order chi connectivity index (χ0) is 30.2. The maximum Gasteiger partial charge on any atom is 0.135 e. The summed E-state index contributed by atoms with van der Waals surface area (Å²) in [5.41, 5.74) is 14.7. The lowest BCUT2D eigenvalue weighted by Gasteiger charge is -2.19. The van der Waals surface area contributed by atoms with Crippen LogP contribution in [0.1, 0.15) is 5.56 Å². The second-order valence-corrected chi connectivity index (χ2v) is 11.5. The Morgan fingerprint density at radius 3 is 1.67 bits per heavy atom. The number of rotatable bonds is 6. The van der Waals surface area contributed by atoms with Crippen molar-refractivity contribution in [3.8, 4) is 44.5 Å². The molecule has 0 saturated heterocycles. The summed E-state index contributed by atoms with van der Waals surface area (Å²) in [5.74, 6) is 0. The van der Waals surface area contributed by atoms with E-state index in [0.717, 1.165) is 50.0 Å². The van der Waals surface area contributed by atoms with Crippen LogP contribution in [-0.2, 0) is 0 Å². The van der Waals surface area contributed by atoms with E-state index in [4.69, 9.17) is 4.42 Å². The van der Waals surface area contributed by atoms with Gasteiger partial charge in [0.15, 0.2) is 0 Å². The SMILES string of the molecule is Cc1ccccc1-c1ccccc1-c1ccccc1-c1cc(-c2ccc3oc4ccccc4c3c2)ccc1Nc1ccccc1. The molecule has 8 aromatic rings. The topological polar surface area (TPSA) is 25.2 Å². The number of hydrogen-bond acceptors (Lipinski definition) is 2. The van der Waals surface area contributed by atoms with Gasteiger partial charge >= 0.3 is 0 Å². The van der Waals surface area contributed by atoms with Crippen molar-refractivity contribution in [3.63, 3.8) is 0 Å². The minimum Gasteiger partial charge on any atom is -0.456 e. The molecule has 0 amide bonds. The fourth-order valence-electron chi connectivity index (χ4n) is 6.42. The molecule has 0 aliphatic rings. The average Bonchev–Trinajstić information content (AvgIpc) is 3.47. The van der Waals surface area contributed by atoms with E-state index in [1.807, 2.05) is 18.2 Å². The Morgan fingerprint density at radius 1 is 0.400 bits per heavy atom. The largest absolute Gasteiger partial charge is 0.456 e. The van der Waals surface area contributed by atoms with Crippen molar-refractivity contribution >= 4 is 33.3 Å². The summed E-state index contributed by atoms with van der Waals surface area (Å²) in [4.78, 5) is 0. The van der Waals surface area contributed by atoms with Crippen LogP contribution in [-0.4, -0.2) is 0 Å². The molecule has 2 heteroatoms. The van der Waals surface area contributed by atoms with Gasteiger partial charge in [-0.25, -0.2) is 0 Å². The molecule has 7 aromatic carbocycles. The number of furan rings is 1. The van der Waals surface area contributed by atoms with E-state index in [2.05, 4.69) is 158 Å². The smallest absolute Gasteiger partial charge is 0.135 e. The van der Waals surface area contributed by atoms with Crippen molar-refractivity contribution in [1.29, 1.82) is 0 Å². The van der Waals surface area contributed by atoms with Gasteiger partial charge in [-0.05, 0) is 93.9 Å². The van der Waals surface area contributed by atoms with Gasteiger partial charge in [-0.15, -0.1) is 0 Å². The van der Waals surface area contributed by atoms with Gasteiger partial charge in [-0.2, -0.15) is 0 Å². The summed E-state index contributed by atoms with van der Waals surface area (Å²) < 4.78 is 6.13. The zero-order valence-corrected chi connectivity index (χ0v) is 25.0. The van der Waals surface area contributed by atoms with Crippen molar-refractivity contribution in [2.75, 3.05) is 5.32 Å². The lowest BCUT2D eigenvalue weighted by Crippen LogP contribution is -1.96. The molecule has 0 aliphatic carbocycles. The van der Waals surface area contributed by atoms with E-state index in [-0.39, 0.29) is 0 Å². The minimum absolute atomic E-state index is 0.903. The molecule has 0 saturated carbocycles. The van der Waals surface area contributed by atoms with Crippen molar-refractivity contribution in [3.05, 3.63) is 169 Å². The Bertz CT molecular complexity index is 2310. The standard InChI is InChI=1S/C43H31NO/c1-29-13-5-6-16-33(29)34-17-7-8-18-35(34)36-19-9-10-20-37(36)39-27-30(23-25-41(39)44-32-14-3-2-4-15-32)31-24-26-43-40(28-31)38-21-11-12-22-42(38)45-43/h2-28,44H,1H3. The van der Waals surface area contributed by atoms with Crippen molar-refractivity contribution in [1.82, 2.24) is 0 Å². The van der Waals surface area contributed by atoms with Gasteiger partial charge in [-0.3, -0.25) is 0 Å². The first kappa shape index (κ1) is 26.7. The van der Waals surface area contributed by atoms with Gasteiger partial charge in [0.25, 0.3) is 0 Å². The average molecular weight is 578 g/mol. The monoisotopic (exact) mass is 577 g/mol. The van der Waals surface area contributed by atoms with Gasteiger partial charge in [0.2, 0.25) is 0 Å². The fourth-order valence-corrected chi connectivity index (χ4v) is 6.42. The van der Waals surface area contributed by atoms with Gasteiger partial charge in [0.1, 0.15) is 11.2 Å². The molecule has 0 unspecified atom stereocenters. The maximum atomic E-state index is 6.13. The third-order valence-electron chi connectivity index (χ3n) is 8.65. The first-order chi connectivity index (χ1) is 22.2. The van der Waals surface area contributed by atoms with Gasteiger partial charge in [0, 0.05) is 27.7 Å².